The molecule has 0 radical (unpaired) electrons. The molecule has 3 nitrogen and oxygen atoms in total. The molecule has 0 heterocycles. The Morgan fingerprint density at radius 3 is 2.60 bits per heavy atom. The van der Waals surface area contributed by atoms with Crippen molar-refractivity contribution in [3.05, 3.63) is 29.8 Å². The van der Waals surface area contributed by atoms with Crippen molar-refractivity contribution in [2.24, 2.45) is 0 Å². The summed E-state index contributed by atoms with van der Waals surface area (Å²) < 4.78 is 0. The topological polar surface area (TPSA) is 49.5 Å². The molecule has 0 aliphatic rings. The summed E-state index contributed by atoms with van der Waals surface area (Å²) in [6.45, 7) is 4.96. The molecule has 0 unspecified atom stereocenters. The van der Waals surface area contributed by atoms with Crippen molar-refractivity contribution in [3.63, 3.8) is 0 Å². The second-order valence-corrected chi connectivity index (χ2v) is 4.57. The number of hydrogen-bond donors (Lipinski definition) is 2. The van der Waals surface area contributed by atoms with Gasteiger partial charge in [-0.1, -0.05) is 12.1 Å². The van der Waals surface area contributed by atoms with Crippen LogP contribution in [0.3, 0.4) is 0 Å². The second-order valence-electron chi connectivity index (χ2n) is 4.57. The molecule has 1 aromatic carbocycles. The van der Waals surface area contributed by atoms with Gasteiger partial charge in [0, 0.05) is 17.8 Å². The number of aliphatic hydroxyl groups excluding tert-OH is 1. The Morgan fingerprint density at radius 1 is 1.40 bits per heavy atom. The van der Waals surface area contributed by atoms with E-state index in [4.69, 9.17) is 5.73 Å². The zero-order valence-electron chi connectivity index (χ0n) is 9.70. The molecule has 3 heteroatoms. The first-order chi connectivity index (χ1) is 6.95. The highest BCUT2D eigenvalue weighted by molar-refractivity contribution is 5.40. The highest BCUT2D eigenvalue weighted by atomic mass is 16.3. The highest BCUT2D eigenvalue weighted by Crippen LogP contribution is 2.16. The van der Waals surface area contributed by atoms with Gasteiger partial charge in [0.1, 0.15) is 0 Å². The van der Waals surface area contributed by atoms with Crippen molar-refractivity contribution in [2.75, 3.05) is 19.4 Å². The summed E-state index contributed by atoms with van der Waals surface area (Å²) >= 11 is 0. The van der Waals surface area contributed by atoms with Gasteiger partial charge < -0.3 is 10.8 Å². The average molecular weight is 208 g/mol. The molecule has 1 rings (SSSR count). The summed E-state index contributed by atoms with van der Waals surface area (Å²) in [5, 5.41) is 9.23. The SMILES string of the molecule is CN(Cc1cccc(N)c1)C(C)(C)CO. The Kier molecular flexibility index (Phi) is 3.72. The fourth-order valence-corrected chi connectivity index (χ4v) is 1.30. The fraction of sp³-hybridized carbons (Fsp3) is 0.500. The minimum Gasteiger partial charge on any atom is -0.399 e. The fourth-order valence-electron chi connectivity index (χ4n) is 1.30. The van der Waals surface area contributed by atoms with E-state index < -0.39 is 0 Å². The zero-order valence-corrected chi connectivity index (χ0v) is 9.70. The number of nitrogens with two attached hydrogens (primary N) is 1. The Bertz CT molecular complexity index is 323. The number of nitrogens with zero attached hydrogens (tertiary/aromatic N) is 1. The number of rotatable bonds is 4. The lowest BCUT2D eigenvalue weighted by Gasteiger charge is -2.33. The van der Waals surface area contributed by atoms with Crippen molar-refractivity contribution in [1.82, 2.24) is 4.90 Å². The molecule has 0 saturated carbocycles. The van der Waals surface area contributed by atoms with E-state index in [1.165, 1.54) is 5.56 Å². The Morgan fingerprint density at radius 2 is 2.07 bits per heavy atom. The van der Waals surface area contributed by atoms with Crippen LogP contribution < -0.4 is 5.73 Å². The third-order valence-electron chi connectivity index (χ3n) is 2.79. The van der Waals surface area contributed by atoms with Crippen LogP contribution in [0.4, 0.5) is 5.69 Å². The largest absolute Gasteiger partial charge is 0.399 e. The standard InChI is InChI=1S/C12H20N2O/c1-12(2,9-15)14(3)8-10-5-4-6-11(13)7-10/h4-7,15H,8-9,13H2,1-3H3. The second kappa shape index (κ2) is 4.64. The lowest BCUT2D eigenvalue weighted by molar-refractivity contribution is 0.0734. The third-order valence-corrected chi connectivity index (χ3v) is 2.79. The van der Waals surface area contributed by atoms with E-state index in [2.05, 4.69) is 4.90 Å². The first kappa shape index (κ1) is 12.0. The number of anilines is 1. The van der Waals surface area contributed by atoms with E-state index in [-0.39, 0.29) is 12.1 Å². The number of hydrogen-bond acceptors (Lipinski definition) is 3. The van der Waals surface area contributed by atoms with Crippen molar-refractivity contribution in [2.45, 2.75) is 25.9 Å². The van der Waals surface area contributed by atoms with E-state index in [1.54, 1.807) is 0 Å². The van der Waals surface area contributed by atoms with Crippen LogP contribution in [-0.2, 0) is 6.54 Å². The predicted octanol–water partition coefficient (Wildman–Crippen LogP) is 1.47. The van der Waals surface area contributed by atoms with Crippen LogP contribution in [0.15, 0.2) is 24.3 Å². The molecular weight excluding hydrogens is 188 g/mol. The van der Waals surface area contributed by atoms with Gasteiger partial charge in [-0.3, -0.25) is 4.90 Å². The first-order valence-electron chi connectivity index (χ1n) is 5.12. The van der Waals surface area contributed by atoms with Gasteiger partial charge in [-0.2, -0.15) is 0 Å². The molecule has 0 amide bonds. The van der Waals surface area contributed by atoms with Crippen molar-refractivity contribution in [1.29, 1.82) is 0 Å². The molecule has 0 aliphatic carbocycles. The van der Waals surface area contributed by atoms with Crippen molar-refractivity contribution >= 4 is 5.69 Å². The molecule has 0 aromatic heterocycles. The minimum atomic E-state index is -0.204. The smallest absolute Gasteiger partial charge is 0.0610 e. The van der Waals surface area contributed by atoms with E-state index in [0.717, 1.165) is 12.2 Å². The minimum absolute atomic E-state index is 0.145. The summed E-state index contributed by atoms with van der Waals surface area (Å²) in [5.41, 5.74) is 7.45. The van der Waals surface area contributed by atoms with Crippen LogP contribution in [0.1, 0.15) is 19.4 Å². The quantitative estimate of drug-likeness (QED) is 0.737. The number of nitrogen functional groups attached to an aromatic ring is 1. The van der Waals surface area contributed by atoms with Crippen molar-refractivity contribution < 1.29 is 5.11 Å². The Balaban J connectivity index is 2.70. The van der Waals surface area contributed by atoms with Gasteiger partial charge in [0.15, 0.2) is 0 Å². The van der Waals surface area contributed by atoms with Crippen LogP contribution in [0.5, 0.6) is 0 Å². The number of aliphatic hydroxyl groups is 1. The molecule has 0 spiro atoms. The number of benzene rings is 1. The summed E-state index contributed by atoms with van der Waals surface area (Å²) in [7, 11) is 2.00. The van der Waals surface area contributed by atoms with Gasteiger partial charge in [-0.25, -0.2) is 0 Å². The molecule has 15 heavy (non-hydrogen) atoms. The molecule has 0 fully saturated rings. The Hall–Kier alpha value is -1.06. The maximum atomic E-state index is 9.23. The van der Waals surface area contributed by atoms with Gasteiger partial charge >= 0.3 is 0 Å². The van der Waals surface area contributed by atoms with Crippen LogP contribution in [-0.4, -0.2) is 29.2 Å². The molecular formula is C12H20N2O. The normalized spacial score (nSPS) is 12.1. The van der Waals surface area contributed by atoms with E-state index in [9.17, 15) is 5.11 Å². The number of likely N-dealkylation sites (N-methyl/N-ethyl adjacent to an activating group) is 1. The lowest BCUT2D eigenvalue weighted by atomic mass is 10.0. The van der Waals surface area contributed by atoms with Gasteiger partial charge in [0.2, 0.25) is 0 Å². The lowest BCUT2D eigenvalue weighted by Crippen LogP contribution is -2.43. The average Bonchev–Trinajstić information content (AvgIpc) is 2.17. The van der Waals surface area contributed by atoms with Crippen LogP contribution in [0.25, 0.3) is 0 Å². The molecule has 0 atom stereocenters. The monoisotopic (exact) mass is 208 g/mol. The molecule has 1 aromatic rings. The zero-order chi connectivity index (χ0) is 11.5. The van der Waals surface area contributed by atoms with Crippen molar-refractivity contribution in [3.8, 4) is 0 Å². The van der Waals surface area contributed by atoms with Gasteiger partial charge in [-0.05, 0) is 38.6 Å². The van der Waals surface area contributed by atoms with E-state index >= 15 is 0 Å². The molecule has 0 bridgehead atoms. The van der Waals surface area contributed by atoms with Crippen LogP contribution >= 0.6 is 0 Å². The summed E-state index contributed by atoms with van der Waals surface area (Å²) in [5.74, 6) is 0. The summed E-state index contributed by atoms with van der Waals surface area (Å²) in [4.78, 5) is 2.11. The van der Waals surface area contributed by atoms with E-state index in [0.29, 0.717) is 0 Å². The summed E-state index contributed by atoms with van der Waals surface area (Å²) in [6, 6.07) is 7.83. The van der Waals surface area contributed by atoms with Crippen LogP contribution in [0.2, 0.25) is 0 Å². The molecule has 0 saturated heterocycles. The molecule has 84 valence electrons. The van der Waals surface area contributed by atoms with Gasteiger partial charge in [0.05, 0.1) is 6.61 Å². The maximum absolute atomic E-state index is 9.23. The van der Waals surface area contributed by atoms with Crippen LogP contribution in [0, 0.1) is 0 Å². The Labute approximate surface area is 91.5 Å². The molecule has 3 N–H and O–H groups in total. The molecule has 0 aliphatic heterocycles. The van der Waals surface area contributed by atoms with E-state index in [1.807, 2.05) is 45.2 Å². The highest BCUT2D eigenvalue weighted by Gasteiger charge is 2.22. The summed E-state index contributed by atoms with van der Waals surface area (Å²) in [6.07, 6.45) is 0. The van der Waals surface area contributed by atoms with Gasteiger partial charge in [-0.15, -0.1) is 0 Å². The maximum Gasteiger partial charge on any atom is 0.0610 e. The third kappa shape index (κ3) is 3.22. The predicted molar refractivity (Wildman–Crippen MR) is 63.5 cm³/mol. The first-order valence-corrected chi connectivity index (χ1v) is 5.12. The van der Waals surface area contributed by atoms with Gasteiger partial charge in [0.25, 0.3) is 0 Å².